The summed E-state index contributed by atoms with van der Waals surface area (Å²) in [6.07, 6.45) is 0.737. The Hall–Kier alpha value is -1.71. The Labute approximate surface area is 166 Å². The molecule has 0 unspecified atom stereocenters. The van der Waals surface area contributed by atoms with Crippen molar-refractivity contribution in [1.82, 2.24) is 14.8 Å². The summed E-state index contributed by atoms with van der Waals surface area (Å²) in [6.45, 7) is 7.01. The van der Waals surface area contributed by atoms with Crippen molar-refractivity contribution in [3.05, 3.63) is 22.4 Å². The van der Waals surface area contributed by atoms with Gasteiger partial charge in [0.1, 0.15) is 0 Å². The lowest BCUT2D eigenvalue weighted by Gasteiger charge is -2.43. The number of carbonyl (C=O) groups excluding carboxylic acids is 1. The number of rotatable bonds is 3. The Morgan fingerprint density at radius 2 is 2.07 bits per heavy atom. The average molecular weight is 441 g/mol. The van der Waals surface area contributed by atoms with Crippen LogP contribution in [-0.4, -0.2) is 81.9 Å². The SMILES string of the molecule is C[C@@H]1CN(CC(=O)N2CC(C)(C)c3ncc(Br)cc32)[C@@H](CO)CN1C(=O)O. The van der Waals surface area contributed by atoms with Crippen molar-refractivity contribution in [2.45, 2.75) is 38.3 Å². The molecule has 8 nitrogen and oxygen atoms in total. The first-order valence-corrected chi connectivity index (χ1v) is 9.74. The smallest absolute Gasteiger partial charge is 0.407 e. The predicted molar refractivity (Wildman–Crippen MR) is 104 cm³/mol. The Kier molecular flexibility index (Phi) is 5.47. The molecule has 2 aliphatic rings. The van der Waals surface area contributed by atoms with Crippen LogP contribution in [0.25, 0.3) is 0 Å². The number of hydrogen-bond acceptors (Lipinski definition) is 5. The van der Waals surface area contributed by atoms with Crippen molar-refractivity contribution in [1.29, 1.82) is 0 Å². The molecule has 3 heterocycles. The van der Waals surface area contributed by atoms with Gasteiger partial charge >= 0.3 is 6.09 Å². The first-order valence-electron chi connectivity index (χ1n) is 8.95. The third-order valence-electron chi connectivity index (χ3n) is 5.37. The van der Waals surface area contributed by atoms with Gasteiger partial charge in [-0.05, 0) is 28.9 Å². The lowest BCUT2D eigenvalue weighted by Crippen LogP contribution is -2.61. The van der Waals surface area contributed by atoms with Crippen LogP contribution in [0.3, 0.4) is 0 Å². The summed E-state index contributed by atoms with van der Waals surface area (Å²) in [5.41, 5.74) is 1.45. The molecule has 2 atom stereocenters. The lowest BCUT2D eigenvalue weighted by atomic mass is 9.91. The fourth-order valence-electron chi connectivity index (χ4n) is 3.94. The van der Waals surface area contributed by atoms with Gasteiger partial charge in [-0.2, -0.15) is 0 Å². The summed E-state index contributed by atoms with van der Waals surface area (Å²) in [5.74, 6) is -0.0730. The maximum atomic E-state index is 13.1. The topological polar surface area (TPSA) is 97.2 Å². The van der Waals surface area contributed by atoms with Gasteiger partial charge in [0.15, 0.2) is 0 Å². The molecule has 3 rings (SSSR count). The third kappa shape index (κ3) is 3.81. The molecule has 27 heavy (non-hydrogen) atoms. The quantitative estimate of drug-likeness (QED) is 0.739. The van der Waals surface area contributed by atoms with E-state index in [1.807, 2.05) is 17.9 Å². The van der Waals surface area contributed by atoms with Crippen molar-refractivity contribution in [3.8, 4) is 0 Å². The first-order chi connectivity index (χ1) is 12.6. The van der Waals surface area contributed by atoms with E-state index in [9.17, 15) is 19.8 Å². The number of carboxylic acid groups (broad SMARTS) is 1. The van der Waals surface area contributed by atoms with Crippen LogP contribution >= 0.6 is 15.9 Å². The minimum Gasteiger partial charge on any atom is -0.465 e. The van der Waals surface area contributed by atoms with Crippen molar-refractivity contribution >= 4 is 33.6 Å². The Bertz CT molecular complexity index is 757. The number of amides is 2. The number of aliphatic hydroxyl groups is 1. The van der Waals surface area contributed by atoms with Gasteiger partial charge in [0.2, 0.25) is 5.91 Å². The van der Waals surface area contributed by atoms with Crippen LogP contribution in [0.1, 0.15) is 26.5 Å². The van der Waals surface area contributed by atoms with E-state index in [2.05, 4.69) is 34.8 Å². The monoisotopic (exact) mass is 440 g/mol. The maximum Gasteiger partial charge on any atom is 0.407 e. The number of aliphatic hydroxyl groups excluding tert-OH is 1. The molecule has 1 fully saturated rings. The van der Waals surface area contributed by atoms with Gasteiger partial charge in [-0.3, -0.25) is 14.7 Å². The van der Waals surface area contributed by atoms with Crippen LogP contribution in [0.4, 0.5) is 10.5 Å². The van der Waals surface area contributed by atoms with E-state index in [-0.39, 0.29) is 37.1 Å². The number of aromatic nitrogens is 1. The van der Waals surface area contributed by atoms with Crippen LogP contribution in [-0.2, 0) is 10.2 Å². The number of anilines is 1. The van der Waals surface area contributed by atoms with Crippen LogP contribution in [0.15, 0.2) is 16.7 Å². The number of nitrogens with zero attached hydrogens (tertiary/aromatic N) is 4. The van der Waals surface area contributed by atoms with Gasteiger partial charge in [0.25, 0.3) is 0 Å². The van der Waals surface area contributed by atoms with Crippen LogP contribution in [0.5, 0.6) is 0 Å². The number of carbonyl (C=O) groups is 2. The predicted octanol–water partition coefficient (Wildman–Crippen LogP) is 1.51. The molecule has 9 heteroatoms. The Morgan fingerprint density at radius 3 is 2.70 bits per heavy atom. The van der Waals surface area contributed by atoms with E-state index in [0.717, 1.165) is 15.9 Å². The zero-order valence-corrected chi connectivity index (χ0v) is 17.3. The lowest BCUT2D eigenvalue weighted by molar-refractivity contribution is -0.121. The summed E-state index contributed by atoms with van der Waals surface area (Å²) in [6, 6.07) is 1.27. The zero-order valence-electron chi connectivity index (χ0n) is 15.7. The maximum absolute atomic E-state index is 13.1. The number of pyridine rings is 1. The molecule has 2 amide bonds. The van der Waals surface area contributed by atoms with Crippen LogP contribution in [0.2, 0.25) is 0 Å². The normalized spacial score (nSPS) is 24.8. The Balaban J connectivity index is 1.78. The molecule has 0 radical (unpaired) electrons. The fourth-order valence-corrected chi connectivity index (χ4v) is 4.25. The highest BCUT2D eigenvalue weighted by atomic mass is 79.9. The zero-order chi connectivity index (χ0) is 19.9. The standard InChI is InChI=1S/C18H25BrN4O4/c1-11-6-21(13(9-24)7-22(11)17(26)27)8-15(25)23-10-18(2,3)16-14(23)4-12(19)5-20-16/h4-5,11,13,24H,6-10H2,1-3H3,(H,26,27)/t11-,13-/m1/s1. The Morgan fingerprint density at radius 1 is 1.37 bits per heavy atom. The van der Waals surface area contributed by atoms with Crippen molar-refractivity contribution in [3.63, 3.8) is 0 Å². The van der Waals surface area contributed by atoms with E-state index < -0.39 is 12.1 Å². The van der Waals surface area contributed by atoms with Crippen molar-refractivity contribution in [2.75, 3.05) is 37.7 Å². The molecule has 2 N–H and O–H groups in total. The van der Waals surface area contributed by atoms with Crippen molar-refractivity contribution in [2.24, 2.45) is 0 Å². The molecule has 1 saturated heterocycles. The summed E-state index contributed by atoms with van der Waals surface area (Å²) < 4.78 is 0.814. The highest BCUT2D eigenvalue weighted by molar-refractivity contribution is 9.10. The molecule has 0 bridgehead atoms. The van der Waals surface area contributed by atoms with E-state index in [1.54, 1.807) is 11.1 Å². The molecule has 0 spiro atoms. The first kappa shape index (κ1) is 20.0. The largest absolute Gasteiger partial charge is 0.465 e. The molecule has 0 aliphatic carbocycles. The van der Waals surface area contributed by atoms with Gasteiger partial charge < -0.3 is 20.0 Å². The highest BCUT2D eigenvalue weighted by Crippen LogP contribution is 2.40. The molecule has 1 aromatic rings. The van der Waals surface area contributed by atoms with Crippen LogP contribution in [0, 0.1) is 0 Å². The number of fused-ring (bicyclic) bond motifs is 1. The average Bonchev–Trinajstić information content (AvgIpc) is 2.85. The number of hydrogen-bond donors (Lipinski definition) is 2. The molecular formula is C18H25BrN4O4. The van der Waals surface area contributed by atoms with E-state index in [0.29, 0.717) is 13.1 Å². The minimum atomic E-state index is -1.00. The minimum absolute atomic E-state index is 0.0730. The number of piperazine rings is 1. The van der Waals surface area contributed by atoms with Gasteiger partial charge in [0.05, 0.1) is 30.6 Å². The molecular weight excluding hydrogens is 416 g/mol. The summed E-state index contributed by atoms with van der Waals surface area (Å²) in [5, 5.41) is 19.0. The van der Waals surface area contributed by atoms with E-state index in [4.69, 9.17) is 0 Å². The second kappa shape index (κ2) is 7.37. The molecule has 148 valence electrons. The molecule has 0 aromatic carbocycles. The second-order valence-electron chi connectivity index (χ2n) is 7.93. The third-order valence-corrected chi connectivity index (χ3v) is 5.80. The van der Waals surface area contributed by atoms with Crippen LogP contribution < -0.4 is 4.90 Å². The van der Waals surface area contributed by atoms with E-state index in [1.165, 1.54) is 4.90 Å². The fraction of sp³-hybridized carbons (Fsp3) is 0.611. The van der Waals surface area contributed by atoms with Crippen molar-refractivity contribution < 1.29 is 19.8 Å². The van der Waals surface area contributed by atoms with E-state index >= 15 is 0 Å². The molecule has 1 aromatic heterocycles. The highest BCUT2D eigenvalue weighted by Gasteiger charge is 2.41. The van der Waals surface area contributed by atoms with Gasteiger partial charge in [-0.15, -0.1) is 0 Å². The molecule has 0 saturated carbocycles. The van der Waals surface area contributed by atoms with Gasteiger partial charge in [-0.25, -0.2) is 4.79 Å². The van der Waals surface area contributed by atoms with Gasteiger partial charge in [0, 0.05) is 41.8 Å². The summed E-state index contributed by atoms with van der Waals surface area (Å²) in [7, 11) is 0. The number of halogens is 1. The second-order valence-corrected chi connectivity index (χ2v) is 8.85. The van der Waals surface area contributed by atoms with Gasteiger partial charge in [-0.1, -0.05) is 13.8 Å². The summed E-state index contributed by atoms with van der Waals surface area (Å²) in [4.78, 5) is 33.9. The molecule has 2 aliphatic heterocycles. The summed E-state index contributed by atoms with van der Waals surface area (Å²) >= 11 is 3.42.